The number of aliphatic hydroxyl groups is 1. The fraction of sp³-hybridized carbons (Fsp3) is 0.350. The number of carbonyl (C=O) groups excluding carboxylic acids is 1. The second-order valence-electron chi connectivity index (χ2n) is 6.63. The molecular weight excluding hydrogens is 487 g/mol. The van der Waals surface area contributed by atoms with Gasteiger partial charge in [-0.2, -0.15) is 0 Å². The van der Waals surface area contributed by atoms with Gasteiger partial charge in [0.1, 0.15) is 20.0 Å². The van der Waals surface area contributed by atoms with Crippen LogP contribution in [0.3, 0.4) is 0 Å². The highest BCUT2D eigenvalue weighted by Gasteiger charge is 2.53. The molecule has 0 saturated carbocycles. The molecule has 2 aromatic rings. The van der Waals surface area contributed by atoms with Gasteiger partial charge < -0.3 is 10.4 Å². The summed E-state index contributed by atoms with van der Waals surface area (Å²) in [5, 5.41) is 12.8. The van der Waals surface area contributed by atoms with Crippen LogP contribution in [0.15, 0.2) is 61.6 Å². The van der Waals surface area contributed by atoms with Gasteiger partial charge in [0.25, 0.3) is 5.91 Å². The van der Waals surface area contributed by atoms with Gasteiger partial charge in [0.15, 0.2) is 5.60 Å². The molecule has 0 unspecified atom stereocenters. The summed E-state index contributed by atoms with van der Waals surface area (Å²) >= 11 is 6.52. The van der Waals surface area contributed by atoms with Crippen molar-refractivity contribution in [2.45, 2.75) is 27.2 Å². The van der Waals surface area contributed by atoms with E-state index in [0.717, 1.165) is 21.6 Å². The minimum atomic E-state index is -2.57. The summed E-state index contributed by atoms with van der Waals surface area (Å²) in [5.74, 6) is -1.08. The van der Waals surface area contributed by atoms with Gasteiger partial charge in [-0.1, -0.05) is 11.8 Å². The first-order valence-electron chi connectivity index (χ1n) is 8.56. The molecule has 158 valence electrons. The second-order valence-corrected chi connectivity index (χ2v) is 9.51. The van der Waals surface area contributed by atoms with Gasteiger partial charge in [-0.25, -0.2) is 0 Å². The number of anilines is 1. The van der Waals surface area contributed by atoms with Crippen molar-refractivity contribution in [3.05, 3.63) is 46.9 Å². The Morgan fingerprint density at radius 1 is 1.03 bits per heavy atom. The molecule has 0 bridgehead atoms. The lowest BCUT2D eigenvalue weighted by molar-refractivity contribution is -0.154. The van der Waals surface area contributed by atoms with Gasteiger partial charge in [-0.15, -0.1) is 11.8 Å². The summed E-state index contributed by atoms with van der Waals surface area (Å²) in [7, 11) is 0. The second kappa shape index (κ2) is 10.2. The van der Waals surface area contributed by atoms with Crippen molar-refractivity contribution in [3.8, 4) is 0 Å². The molecule has 9 heteroatoms. The summed E-state index contributed by atoms with van der Waals surface area (Å²) in [5.41, 5.74) is -4.72. The Bertz CT molecular complexity index is 838. The molecule has 2 N–H and O–H groups in total. The molecule has 0 spiro atoms. The largest absolute Gasteiger partial charge is 0.379 e. The fourth-order valence-corrected chi connectivity index (χ4v) is 4.32. The highest BCUT2D eigenvalue weighted by Crippen LogP contribution is 2.37. The van der Waals surface area contributed by atoms with Gasteiger partial charge in [0.2, 0.25) is 0 Å². The minimum Gasteiger partial charge on any atom is -0.379 e. The molecule has 0 radical (unpaired) electrons. The monoisotopic (exact) mass is 507 g/mol. The van der Waals surface area contributed by atoms with Crippen LogP contribution in [0.5, 0.6) is 0 Å². The first-order valence-corrected chi connectivity index (χ1v) is 11.4. The summed E-state index contributed by atoms with van der Waals surface area (Å²) in [6, 6.07) is 13.2. The van der Waals surface area contributed by atoms with Crippen LogP contribution in [-0.4, -0.2) is 42.9 Å². The van der Waals surface area contributed by atoms with Crippen LogP contribution >= 0.6 is 39.5 Å². The topological polar surface area (TPSA) is 49.3 Å². The van der Waals surface area contributed by atoms with Gasteiger partial charge in [0.05, 0.1) is 11.1 Å². The Kier molecular flexibility index (Phi) is 8.51. The number of thioether (sulfide) groups is 1. The Balaban J connectivity index is 2.16. The first kappa shape index (κ1) is 24.1. The van der Waals surface area contributed by atoms with E-state index in [4.69, 9.17) is 0 Å². The van der Waals surface area contributed by atoms with Gasteiger partial charge >= 0.3 is 0 Å². The summed E-state index contributed by atoms with van der Waals surface area (Å²) in [6.45, 7) is -3.61. The number of amides is 1. The van der Waals surface area contributed by atoms with Crippen molar-refractivity contribution in [2.75, 3.05) is 31.6 Å². The summed E-state index contributed by atoms with van der Waals surface area (Å²) in [4.78, 5) is 15.5. The van der Waals surface area contributed by atoms with Gasteiger partial charge in [0, 0.05) is 19.2 Å². The molecular formula is C20H21BrF3NO2S2. The molecule has 0 aliphatic rings. The van der Waals surface area contributed by atoms with Crippen LogP contribution in [0.25, 0.3) is 0 Å². The first-order chi connectivity index (χ1) is 13.7. The highest BCUT2D eigenvalue weighted by molar-refractivity contribution is 9.10. The van der Waals surface area contributed by atoms with Gasteiger partial charge in [-0.3, -0.25) is 18.0 Å². The molecule has 0 aliphatic heterocycles. The smallest absolute Gasteiger partial charge is 0.256 e. The zero-order chi connectivity index (χ0) is 21.7. The maximum absolute atomic E-state index is 13.3. The van der Waals surface area contributed by atoms with Crippen molar-refractivity contribution in [1.82, 2.24) is 0 Å². The molecule has 0 saturated heterocycles. The molecule has 2 rings (SSSR count). The Morgan fingerprint density at radius 2 is 1.55 bits per heavy atom. The van der Waals surface area contributed by atoms with Gasteiger partial charge in [-0.05, 0) is 71.6 Å². The van der Waals surface area contributed by atoms with E-state index in [1.165, 1.54) is 11.8 Å². The predicted octanol–water partition coefficient (Wildman–Crippen LogP) is 5.91. The van der Waals surface area contributed by atoms with E-state index in [1.807, 2.05) is 30.5 Å². The third-order valence-electron chi connectivity index (χ3n) is 4.73. The van der Waals surface area contributed by atoms with E-state index >= 15 is 0 Å². The molecule has 0 fully saturated rings. The van der Waals surface area contributed by atoms with Crippen molar-refractivity contribution in [3.63, 3.8) is 0 Å². The van der Waals surface area contributed by atoms with E-state index < -0.39 is 36.9 Å². The molecule has 1 amide bonds. The number of rotatable bonds is 9. The maximum atomic E-state index is 13.3. The van der Waals surface area contributed by atoms with E-state index in [1.54, 1.807) is 30.0 Å². The molecule has 29 heavy (non-hydrogen) atoms. The van der Waals surface area contributed by atoms with Crippen LogP contribution in [-0.2, 0) is 4.79 Å². The average Bonchev–Trinajstić information content (AvgIpc) is 2.72. The van der Waals surface area contributed by atoms with Crippen molar-refractivity contribution < 1.29 is 23.1 Å². The Labute approximate surface area is 185 Å². The lowest BCUT2D eigenvalue weighted by atomic mass is 9.75. The molecule has 0 aliphatic carbocycles. The lowest BCUT2D eigenvalue weighted by Gasteiger charge is -2.38. The highest BCUT2D eigenvalue weighted by atomic mass is 79.9. The number of hydrogen-bond acceptors (Lipinski definition) is 4. The number of benzene rings is 2. The van der Waals surface area contributed by atoms with Crippen molar-refractivity contribution >= 4 is 51.0 Å². The SMILES string of the molecule is CSc1ccc(Sc2ccc(NC(=O)[C@](C)(O)C(CF)(CF)CF)c(Br)c2)cc1. The summed E-state index contributed by atoms with van der Waals surface area (Å²) in [6.07, 6.45) is 2.00. The number of carbonyl (C=O) groups is 1. The Morgan fingerprint density at radius 3 is 2.03 bits per heavy atom. The van der Waals surface area contributed by atoms with E-state index in [2.05, 4.69) is 21.2 Å². The van der Waals surface area contributed by atoms with Crippen molar-refractivity contribution in [2.24, 2.45) is 5.41 Å². The molecule has 0 heterocycles. The molecule has 3 nitrogen and oxygen atoms in total. The third-order valence-corrected chi connectivity index (χ3v) is 7.12. The van der Waals surface area contributed by atoms with Crippen LogP contribution < -0.4 is 5.32 Å². The average molecular weight is 508 g/mol. The van der Waals surface area contributed by atoms with Crippen LogP contribution in [0.4, 0.5) is 18.9 Å². The third kappa shape index (κ3) is 5.31. The normalized spacial score (nSPS) is 13.8. The van der Waals surface area contributed by atoms with Crippen molar-refractivity contribution in [1.29, 1.82) is 0 Å². The predicted molar refractivity (Wildman–Crippen MR) is 116 cm³/mol. The number of alkyl halides is 3. The van der Waals surface area contributed by atoms with E-state index in [0.29, 0.717) is 10.2 Å². The number of halogens is 4. The number of hydrogen-bond donors (Lipinski definition) is 2. The van der Waals surface area contributed by atoms with E-state index in [9.17, 15) is 23.1 Å². The summed E-state index contributed by atoms with van der Waals surface area (Å²) < 4.78 is 40.3. The fourth-order valence-electron chi connectivity index (χ4n) is 2.42. The van der Waals surface area contributed by atoms with Crippen LogP contribution in [0, 0.1) is 5.41 Å². The quantitative estimate of drug-likeness (QED) is 0.414. The standard InChI is InChI=1S/C20H21BrF3NO2S2/c1-19(27,20(10-22,11-23)12-24)18(26)25-17-8-7-15(9-16(17)21)29-14-5-3-13(28-2)4-6-14/h3-9,27H,10-12H2,1-2H3,(H,25,26)/t19-/m0/s1. The maximum Gasteiger partial charge on any atom is 0.256 e. The Hall–Kier alpha value is -1.16. The van der Waals surface area contributed by atoms with E-state index in [-0.39, 0.29) is 0 Å². The van der Waals surface area contributed by atoms with Crippen LogP contribution in [0.2, 0.25) is 0 Å². The minimum absolute atomic E-state index is 0.294. The number of nitrogens with one attached hydrogen (secondary N) is 1. The zero-order valence-corrected chi connectivity index (χ0v) is 19.1. The lowest BCUT2D eigenvalue weighted by Crippen LogP contribution is -2.58. The van der Waals surface area contributed by atoms with Crippen LogP contribution in [0.1, 0.15) is 6.92 Å². The molecule has 2 aromatic carbocycles. The molecule has 1 atom stereocenters. The zero-order valence-electron chi connectivity index (χ0n) is 15.8. The molecule has 0 aromatic heterocycles.